The summed E-state index contributed by atoms with van der Waals surface area (Å²) in [7, 11) is 1.37. The minimum Gasteiger partial charge on any atom is -0.469 e. The van der Waals surface area contributed by atoms with Crippen molar-refractivity contribution in [1.82, 2.24) is 9.88 Å². The summed E-state index contributed by atoms with van der Waals surface area (Å²) in [6.07, 6.45) is 2.46. The topological polar surface area (TPSA) is 68.7 Å². The van der Waals surface area contributed by atoms with Gasteiger partial charge in [0.25, 0.3) is 5.91 Å². The molecule has 1 unspecified atom stereocenters. The quantitative estimate of drug-likeness (QED) is 0.150. The third-order valence-corrected chi connectivity index (χ3v) is 7.96. The number of aromatic nitrogens is 1. The first-order valence-electron chi connectivity index (χ1n) is 15.4. The van der Waals surface area contributed by atoms with E-state index in [0.29, 0.717) is 18.0 Å². The van der Waals surface area contributed by atoms with Crippen LogP contribution in [0.25, 0.3) is 21.9 Å². The maximum absolute atomic E-state index is 14.0. The van der Waals surface area contributed by atoms with E-state index in [9.17, 15) is 9.59 Å². The standard InChI is InChI=1S/C39H40N2O4/c1-6-22-41(36(25-37(42)44-5)29-14-12-28(13-15-29)27-10-8-7-9-11-27)38(43)35-24-30-16-19-34(23-31(30)26-40-35)45-33-20-17-32(18-21-33)39(2,3)4/h7-21,23-24,26,36H,6,22,25H2,1-5H3. The molecule has 0 aliphatic carbocycles. The normalized spacial score (nSPS) is 12.0. The van der Waals surface area contributed by atoms with Crippen molar-refractivity contribution in [3.63, 3.8) is 0 Å². The van der Waals surface area contributed by atoms with Crippen LogP contribution >= 0.6 is 0 Å². The number of hydrogen-bond donors (Lipinski definition) is 0. The monoisotopic (exact) mass is 600 g/mol. The average molecular weight is 601 g/mol. The Morgan fingerprint density at radius 3 is 2.11 bits per heavy atom. The van der Waals surface area contributed by atoms with Crippen LogP contribution in [0.1, 0.15) is 68.2 Å². The van der Waals surface area contributed by atoms with E-state index in [0.717, 1.165) is 39.6 Å². The predicted octanol–water partition coefficient (Wildman–Crippen LogP) is 9.15. The SMILES string of the molecule is CCCN(C(=O)c1cc2ccc(Oc3ccc(C(C)(C)C)cc3)cc2cn1)C(CC(=O)OC)c1ccc(-c2ccccc2)cc1. The summed E-state index contributed by atoms with van der Waals surface area (Å²) in [5, 5.41) is 1.73. The number of hydrogen-bond acceptors (Lipinski definition) is 5. The molecule has 4 aromatic carbocycles. The highest BCUT2D eigenvalue weighted by atomic mass is 16.5. The molecule has 45 heavy (non-hydrogen) atoms. The molecule has 1 heterocycles. The second kappa shape index (κ2) is 13.8. The zero-order valence-electron chi connectivity index (χ0n) is 26.6. The third-order valence-electron chi connectivity index (χ3n) is 7.96. The van der Waals surface area contributed by atoms with Crippen LogP contribution in [-0.2, 0) is 14.9 Å². The molecule has 5 rings (SSSR count). The van der Waals surface area contributed by atoms with Crippen LogP contribution in [-0.4, -0.2) is 35.4 Å². The van der Waals surface area contributed by atoms with E-state index in [1.54, 1.807) is 17.2 Å². The fourth-order valence-corrected chi connectivity index (χ4v) is 5.42. The molecule has 6 heteroatoms. The summed E-state index contributed by atoms with van der Waals surface area (Å²) >= 11 is 0. The van der Waals surface area contributed by atoms with Crippen LogP contribution in [0, 0.1) is 0 Å². The van der Waals surface area contributed by atoms with Gasteiger partial charge in [0.1, 0.15) is 17.2 Å². The molecule has 230 valence electrons. The van der Waals surface area contributed by atoms with Gasteiger partial charge in [0.05, 0.1) is 19.6 Å². The highest BCUT2D eigenvalue weighted by Crippen LogP contribution is 2.31. The highest BCUT2D eigenvalue weighted by molar-refractivity contribution is 5.97. The molecule has 0 radical (unpaired) electrons. The van der Waals surface area contributed by atoms with E-state index in [1.165, 1.54) is 12.7 Å². The molecule has 0 saturated carbocycles. The summed E-state index contributed by atoms with van der Waals surface area (Å²) in [6, 6.07) is 33.3. The lowest BCUT2D eigenvalue weighted by molar-refractivity contribution is -0.141. The number of rotatable bonds is 10. The van der Waals surface area contributed by atoms with E-state index in [1.807, 2.05) is 79.7 Å². The van der Waals surface area contributed by atoms with E-state index in [2.05, 4.69) is 50.0 Å². The highest BCUT2D eigenvalue weighted by Gasteiger charge is 2.29. The lowest BCUT2D eigenvalue weighted by Crippen LogP contribution is -2.37. The third kappa shape index (κ3) is 7.58. The molecule has 0 aliphatic heterocycles. The zero-order chi connectivity index (χ0) is 32.0. The largest absolute Gasteiger partial charge is 0.469 e. The number of methoxy groups -OCH3 is 1. The first kappa shape index (κ1) is 31.5. The molecule has 1 amide bonds. The van der Waals surface area contributed by atoms with Crippen LogP contribution in [0.4, 0.5) is 0 Å². The Balaban J connectivity index is 1.40. The van der Waals surface area contributed by atoms with Gasteiger partial charge in [0, 0.05) is 18.1 Å². The number of pyridine rings is 1. The Bertz CT molecular complexity index is 1760. The molecule has 0 fully saturated rings. The van der Waals surface area contributed by atoms with E-state index >= 15 is 0 Å². The van der Waals surface area contributed by atoms with Gasteiger partial charge in [0.2, 0.25) is 0 Å². The van der Waals surface area contributed by atoms with Crippen molar-refractivity contribution in [2.45, 2.75) is 52.0 Å². The Morgan fingerprint density at radius 2 is 1.47 bits per heavy atom. The van der Waals surface area contributed by atoms with Crippen molar-refractivity contribution < 1.29 is 19.1 Å². The molecule has 0 aliphatic rings. The molecule has 6 nitrogen and oxygen atoms in total. The summed E-state index contributed by atoms with van der Waals surface area (Å²) in [4.78, 5) is 32.9. The van der Waals surface area contributed by atoms with Gasteiger partial charge in [-0.2, -0.15) is 0 Å². The molecule has 1 atom stereocenters. The van der Waals surface area contributed by atoms with Crippen LogP contribution < -0.4 is 4.74 Å². The van der Waals surface area contributed by atoms with Crippen molar-refractivity contribution in [2.75, 3.05) is 13.7 Å². The Hall–Kier alpha value is -4.97. The Labute approximate surface area is 265 Å². The summed E-state index contributed by atoms with van der Waals surface area (Å²) in [5.41, 5.74) is 4.65. The Kier molecular flexibility index (Phi) is 9.62. The number of carbonyl (C=O) groups is 2. The van der Waals surface area contributed by atoms with E-state index < -0.39 is 6.04 Å². The van der Waals surface area contributed by atoms with Crippen molar-refractivity contribution >= 4 is 22.6 Å². The number of benzene rings is 4. The predicted molar refractivity (Wildman–Crippen MR) is 180 cm³/mol. The maximum atomic E-state index is 14.0. The zero-order valence-corrected chi connectivity index (χ0v) is 26.6. The Morgan fingerprint density at radius 1 is 0.800 bits per heavy atom. The van der Waals surface area contributed by atoms with Gasteiger partial charge < -0.3 is 14.4 Å². The van der Waals surface area contributed by atoms with E-state index in [4.69, 9.17) is 9.47 Å². The molecule has 0 N–H and O–H groups in total. The first-order chi connectivity index (χ1) is 21.7. The number of ether oxygens (including phenoxy) is 2. The van der Waals surface area contributed by atoms with Gasteiger partial charge in [-0.15, -0.1) is 0 Å². The fourth-order valence-electron chi connectivity index (χ4n) is 5.42. The van der Waals surface area contributed by atoms with Crippen LogP contribution in [0.5, 0.6) is 11.5 Å². The summed E-state index contributed by atoms with van der Waals surface area (Å²) in [5.74, 6) is 0.828. The molecule has 5 aromatic rings. The van der Waals surface area contributed by atoms with Gasteiger partial charge in [-0.25, -0.2) is 0 Å². The van der Waals surface area contributed by atoms with Crippen molar-refractivity contribution in [3.05, 3.63) is 126 Å². The minimum atomic E-state index is -0.507. The smallest absolute Gasteiger partial charge is 0.307 e. The molecule has 0 spiro atoms. The van der Waals surface area contributed by atoms with Gasteiger partial charge in [0.15, 0.2) is 0 Å². The molecular weight excluding hydrogens is 560 g/mol. The molecule has 1 aromatic heterocycles. The maximum Gasteiger partial charge on any atom is 0.307 e. The van der Waals surface area contributed by atoms with E-state index in [-0.39, 0.29) is 23.7 Å². The number of fused-ring (bicyclic) bond motifs is 1. The summed E-state index contributed by atoms with van der Waals surface area (Å²) in [6.45, 7) is 9.02. The number of esters is 1. The van der Waals surface area contributed by atoms with Crippen LogP contribution in [0.2, 0.25) is 0 Å². The average Bonchev–Trinajstić information content (AvgIpc) is 3.06. The lowest BCUT2D eigenvalue weighted by atomic mass is 9.87. The number of nitrogens with zero attached hydrogens (tertiary/aromatic N) is 2. The van der Waals surface area contributed by atoms with Crippen molar-refractivity contribution in [3.8, 4) is 22.6 Å². The second-order valence-electron chi connectivity index (χ2n) is 12.2. The number of amides is 1. The minimum absolute atomic E-state index is 0.0396. The fraction of sp³-hybridized carbons (Fsp3) is 0.256. The van der Waals surface area contributed by atoms with Crippen LogP contribution in [0.15, 0.2) is 109 Å². The molecule has 0 bridgehead atoms. The van der Waals surface area contributed by atoms with Crippen LogP contribution in [0.3, 0.4) is 0 Å². The van der Waals surface area contributed by atoms with Gasteiger partial charge in [-0.1, -0.05) is 100 Å². The molecular formula is C39H40N2O4. The lowest BCUT2D eigenvalue weighted by Gasteiger charge is -2.31. The van der Waals surface area contributed by atoms with Gasteiger partial charge in [-0.3, -0.25) is 14.6 Å². The second-order valence-corrected chi connectivity index (χ2v) is 12.2. The van der Waals surface area contributed by atoms with Gasteiger partial charge in [-0.05, 0) is 69.8 Å². The van der Waals surface area contributed by atoms with Crippen molar-refractivity contribution in [1.29, 1.82) is 0 Å². The first-order valence-corrected chi connectivity index (χ1v) is 15.4. The summed E-state index contributed by atoms with van der Waals surface area (Å²) < 4.78 is 11.2. The number of carbonyl (C=O) groups excluding carboxylic acids is 2. The van der Waals surface area contributed by atoms with Gasteiger partial charge >= 0.3 is 5.97 Å². The molecule has 0 saturated heterocycles. The van der Waals surface area contributed by atoms with Crippen molar-refractivity contribution in [2.24, 2.45) is 0 Å².